The summed E-state index contributed by atoms with van der Waals surface area (Å²) in [5, 5.41) is 8.01. The normalized spacial score (nSPS) is 23.2. The van der Waals surface area contributed by atoms with Gasteiger partial charge in [0, 0.05) is 37.4 Å². The molecule has 1 aromatic rings. The largest absolute Gasteiger partial charge is 0.469 e. The van der Waals surface area contributed by atoms with Gasteiger partial charge >= 0.3 is 11.9 Å². The summed E-state index contributed by atoms with van der Waals surface area (Å²) < 4.78 is 10.6. The molecule has 4 atom stereocenters. The first-order chi connectivity index (χ1) is 20.1. The van der Waals surface area contributed by atoms with Crippen molar-refractivity contribution in [1.29, 1.82) is 0 Å². The lowest BCUT2D eigenvalue weighted by Gasteiger charge is -2.68. The maximum absolute atomic E-state index is 13.8. The number of nitrogens with one attached hydrogen (secondary N) is 2. The first kappa shape index (κ1) is 34.4. The fraction of sp³-hybridized carbons (Fsp3) is 0.733. The monoisotopic (exact) mass is 621 g/mol. The summed E-state index contributed by atoms with van der Waals surface area (Å²) in [6.45, 7) is 9.34. The van der Waals surface area contributed by atoms with Gasteiger partial charge in [-0.2, -0.15) is 0 Å². The average molecular weight is 622 g/mol. The van der Waals surface area contributed by atoms with Crippen molar-refractivity contribution >= 4 is 41.0 Å². The van der Waals surface area contributed by atoms with Crippen LogP contribution in [-0.2, 0) is 28.7 Å². The van der Waals surface area contributed by atoms with E-state index in [2.05, 4.69) is 15.6 Å². The Labute approximate surface area is 258 Å². The molecule has 240 valence electrons. The molecular weight excluding hydrogens is 574 g/mol. The summed E-state index contributed by atoms with van der Waals surface area (Å²) in [6, 6.07) is -1.06. The predicted octanol–water partition coefficient (Wildman–Crippen LogP) is 2.54. The number of likely N-dealkylation sites (N-methyl/N-ethyl adjacent to an activating group) is 2. The molecule has 3 aliphatic rings. The van der Waals surface area contributed by atoms with Crippen LogP contribution in [0.4, 0.5) is 0 Å². The minimum absolute atomic E-state index is 0.0174. The number of hydrogen-bond donors (Lipinski definition) is 2. The van der Waals surface area contributed by atoms with Gasteiger partial charge in [0.05, 0.1) is 19.1 Å². The highest BCUT2D eigenvalue weighted by Crippen LogP contribution is 2.67. The minimum atomic E-state index is -0.783. The topological polar surface area (TPSA) is 147 Å². The lowest BCUT2D eigenvalue weighted by atomic mass is 9.39. The lowest BCUT2D eigenvalue weighted by Crippen LogP contribution is -2.77. The quantitative estimate of drug-likeness (QED) is 0.282. The number of nitrogens with zero attached hydrogens (tertiary/aromatic N) is 3. The summed E-state index contributed by atoms with van der Waals surface area (Å²) in [7, 11) is 6.66. The van der Waals surface area contributed by atoms with Crippen LogP contribution in [0.25, 0.3) is 0 Å². The second-order valence-electron chi connectivity index (χ2n) is 12.9. The Balaban J connectivity index is 1.74. The van der Waals surface area contributed by atoms with Gasteiger partial charge in [-0.05, 0) is 45.2 Å². The van der Waals surface area contributed by atoms with Gasteiger partial charge in [-0.1, -0.05) is 34.1 Å². The van der Waals surface area contributed by atoms with E-state index >= 15 is 0 Å². The SMILES string of the molecule is CC[C@H](C)[C@H](NC(=O)CN(C)C)C(=O)N(C)[C@H](C[C@@H](OC(C)=O)c1nc(C(=O)NC23CC(C(=O)OC)(C2)C3)cs1)C(C)C. The molecule has 43 heavy (non-hydrogen) atoms. The van der Waals surface area contributed by atoms with Gasteiger partial charge in [0.25, 0.3) is 5.91 Å². The Bertz CT molecular complexity index is 1200. The maximum atomic E-state index is 13.8. The Hall–Kier alpha value is -3.06. The van der Waals surface area contributed by atoms with Crippen LogP contribution < -0.4 is 10.6 Å². The highest BCUT2D eigenvalue weighted by molar-refractivity contribution is 7.09. The Morgan fingerprint density at radius 3 is 2.23 bits per heavy atom. The number of carbonyl (C=O) groups is 5. The molecule has 0 aromatic carbocycles. The maximum Gasteiger partial charge on any atom is 0.312 e. The summed E-state index contributed by atoms with van der Waals surface area (Å²) >= 11 is 1.21. The van der Waals surface area contributed by atoms with Gasteiger partial charge in [0.15, 0.2) is 6.10 Å². The second kappa shape index (κ2) is 13.7. The molecule has 0 aliphatic heterocycles. The van der Waals surface area contributed by atoms with Gasteiger partial charge in [-0.3, -0.25) is 24.0 Å². The van der Waals surface area contributed by atoms with E-state index in [0.717, 1.165) is 0 Å². The number of rotatable bonds is 15. The van der Waals surface area contributed by atoms with Gasteiger partial charge in [0.1, 0.15) is 16.7 Å². The number of amides is 3. The molecule has 12 nitrogen and oxygen atoms in total. The number of carbonyl (C=O) groups excluding carboxylic acids is 5. The highest BCUT2D eigenvalue weighted by atomic mass is 32.1. The van der Waals surface area contributed by atoms with Gasteiger partial charge < -0.3 is 29.9 Å². The first-order valence-corrected chi connectivity index (χ1v) is 15.7. The van der Waals surface area contributed by atoms with Crippen molar-refractivity contribution in [2.24, 2.45) is 17.3 Å². The minimum Gasteiger partial charge on any atom is -0.469 e. The van der Waals surface area contributed by atoms with Crippen LogP contribution >= 0.6 is 11.3 Å². The third-order valence-electron chi connectivity index (χ3n) is 8.69. The molecule has 1 heterocycles. The first-order valence-electron chi connectivity index (χ1n) is 14.8. The zero-order valence-electron chi connectivity index (χ0n) is 26.8. The lowest BCUT2D eigenvalue weighted by molar-refractivity contribution is -0.199. The van der Waals surface area contributed by atoms with E-state index in [1.165, 1.54) is 25.4 Å². The van der Waals surface area contributed by atoms with E-state index in [1.54, 1.807) is 36.3 Å². The average Bonchev–Trinajstić information content (AvgIpc) is 3.38. The van der Waals surface area contributed by atoms with Crippen LogP contribution in [0.5, 0.6) is 0 Å². The fourth-order valence-corrected chi connectivity index (χ4v) is 7.11. The zero-order valence-corrected chi connectivity index (χ0v) is 27.6. The molecule has 0 unspecified atom stereocenters. The zero-order chi connectivity index (χ0) is 32.3. The third kappa shape index (κ3) is 7.72. The summed E-state index contributed by atoms with van der Waals surface area (Å²) in [5.41, 5.74) is -0.682. The van der Waals surface area contributed by atoms with Crippen LogP contribution in [0.15, 0.2) is 5.38 Å². The molecule has 0 spiro atoms. The Kier molecular flexibility index (Phi) is 11.0. The number of ether oxygens (including phenoxy) is 2. The van der Waals surface area contributed by atoms with E-state index in [9.17, 15) is 24.0 Å². The molecule has 3 fully saturated rings. The van der Waals surface area contributed by atoms with Crippen LogP contribution in [0, 0.1) is 17.3 Å². The molecule has 0 saturated heterocycles. The molecule has 1 aromatic heterocycles. The second-order valence-corrected chi connectivity index (χ2v) is 13.8. The number of aromatic nitrogens is 1. The van der Waals surface area contributed by atoms with Gasteiger partial charge in [0.2, 0.25) is 11.8 Å². The molecule has 13 heteroatoms. The van der Waals surface area contributed by atoms with Crippen molar-refractivity contribution in [1.82, 2.24) is 25.4 Å². The molecule has 4 rings (SSSR count). The molecule has 3 saturated carbocycles. The van der Waals surface area contributed by atoms with E-state index in [4.69, 9.17) is 9.47 Å². The Morgan fingerprint density at radius 2 is 1.72 bits per heavy atom. The van der Waals surface area contributed by atoms with Gasteiger partial charge in [-0.25, -0.2) is 4.98 Å². The van der Waals surface area contributed by atoms with Crippen molar-refractivity contribution in [2.45, 2.75) is 90.4 Å². The molecule has 3 amide bonds. The van der Waals surface area contributed by atoms with E-state index in [0.29, 0.717) is 30.7 Å². The number of hydrogen-bond acceptors (Lipinski definition) is 10. The van der Waals surface area contributed by atoms with Crippen LogP contribution in [-0.4, -0.2) is 96.9 Å². The van der Waals surface area contributed by atoms with Gasteiger partial charge in [-0.15, -0.1) is 11.3 Å². The molecular formula is C30H47N5O7S. The van der Waals surface area contributed by atoms with E-state index in [-0.39, 0.29) is 60.2 Å². The fourth-order valence-electron chi connectivity index (χ4n) is 6.27. The molecule has 0 radical (unpaired) electrons. The van der Waals surface area contributed by atoms with E-state index < -0.39 is 29.1 Å². The predicted molar refractivity (Wildman–Crippen MR) is 161 cm³/mol. The van der Waals surface area contributed by atoms with Crippen LogP contribution in [0.2, 0.25) is 0 Å². The smallest absolute Gasteiger partial charge is 0.312 e. The van der Waals surface area contributed by atoms with Crippen molar-refractivity contribution in [3.8, 4) is 0 Å². The van der Waals surface area contributed by atoms with Crippen LogP contribution in [0.1, 0.15) is 88.3 Å². The van der Waals surface area contributed by atoms with Crippen molar-refractivity contribution in [3.63, 3.8) is 0 Å². The van der Waals surface area contributed by atoms with Crippen molar-refractivity contribution in [2.75, 3.05) is 34.8 Å². The third-order valence-corrected chi connectivity index (χ3v) is 9.63. The molecule has 2 N–H and O–H groups in total. The summed E-state index contributed by atoms with van der Waals surface area (Å²) in [5.74, 6) is -1.65. The molecule has 2 bridgehead atoms. The highest BCUT2D eigenvalue weighted by Gasteiger charge is 2.73. The Morgan fingerprint density at radius 1 is 1.09 bits per heavy atom. The number of methoxy groups -OCH3 is 1. The van der Waals surface area contributed by atoms with Crippen molar-refractivity contribution < 1.29 is 33.4 Å². The molecule has 3 aliphatic carbocycles. The van der Waals surface area contributed by atoms with E-state index in [1.807, 2.05) is 27.7 Å². The number of esters is 2. The number of thiazole rings is 1. The summed E-state index contributed by atoms with van der Waals surface area (Å²) in [6.07, 6.45) is 1.83. The van der Waals surface area contributed by atoms with Crippen LogP contribution in [0.3, 0.4) is 0 Å². The van der Waals surface area contributed by atoms with Crippen molar-refractivity contribution in [3.05, 3.63) is 16.1 Å². The summed E-state index contributed by atoms with van der Waals surface area (Å²) in [4.78, 5) is 71.4. The standard InChI is InChI=1S/C30H47N5O7S/c1-10-18(4)24(32-23(37)12-34(6)7)27(39)35(8)21(17(2)3)11-22(42-19(5)36)26-31-20(13-43-26)25(38)33-30-14-29(15-30,16-30)28(40)41-9/h13,17-18,21-22,24H,10-12,14-16H2,1-9H3,(H,32,37)(H,33,38)/t18-,21+,22+,24-,29?,30?/m0/s1.